The zero-order valence-electron chi connectivity index (χ0n) is 9.99. The van der Waals surface area contributed by atoms with Crippen LogP contribution in [0.3, 0.4) is 0 Å². The minimum atomic E-state index is -3.00. The normalized spacial score (nSPS) is 13.6. The van der Waals surface area contributed by atoms with Gasteiger partial charge in [-0.2, -0.15) is 0 Å². The molecule has 0 spiro atoms. The van der Waals surface area contributed by atoms with Crippen LogP contribution in [-0.4, -0.2) is 26.5 Å². The van der Waals surface area contributed by atoms with Crippen LogP contribution < -0.4 is 11.3 Å². The number of benzene rings is 1. The quantitative estimate of drug-likeness (QED) is 0.621. The summed E-state index contributed by atoms with van der Waals surface area (Å²) in [6, 6.07) is 5.06. The molecule has 102 valence electrons. The van der Waals surface area contributed by atoms with Crippen molar-refractivity contribution in [2.45, 2.75) is 18.9 Å². The maximum Gasteiger partial charge on any atom is 0.147 e. The van der Waals surface area contributed by atoms with E-state index in [2.05, 4.69) is 5.43 Å². The Balaban J connectivity index is 2.74. The van der Waals surface area contributed by atoms with Crippen molar-refractivity contribution in [3.8, 4) is 0 Å². The molecule has 18 heavy (non-hydrogen) atoms. The molecule has 0 saturated heterocycles. The highest BCUT2D eigenvalue weighted by Gasteiger charge is 2.15. The fourth-order valence-corrected chi connectivity index (χ4v) is 2.84. The third kappa shape index (κ3) is 5.12. The van der Waals surface area contributed by atoms with E-state index in [4.69, 9.17) is 29.0 Å². The van der Waals surface area contributed by atoms with Crippen LogP contribution in [0.15, 0.2) is 18.2 Å². The summed E-state index contributed by atoms with van der Waals surface area (Å²) in [7, 11) is -3.00. The van der Waals surface area contributed by atoms with Crippen LogP contribution in [0, 0.1) is 0 Å². The van der Waals surface area contributed by atoms with Gasteiger partial charge in [0.1, 0.15) is 9.84 Å². The first-order valence-electron chi connectivity index (χ1n) is 5.40. The molecule has 0 heterocycles. The molecule has 0 saturated carbocycles. The van der Waals surface area contributed by atoms with Gasteiger partial charge in [-0.25, -0.2) is 8.42 Å². The van der Waals surface area contributed by atoms with Crippen LogP contribution in [0.25, 0.3) is 0 Å². The lowest BCUT2D eigenvalue weighted by Crippen LogP contribution is -2.38. The maximum absolute atomic E-state index is 11.1. The zero-order chi connectivity index (χ0) is 13.8. The van der Waals surface area contributed by atoms with Gasteiger partial charge in [0, 0.05) is 22.3 Å². The lowest BCUT2D eigenvalue weighted by atomic mass is 10.0. The Hall–Kier alpha value is -0.330. The minimum absolute atomic E-state index is 0.0734. The lowest BCUT2D eigenvalue weighted by Gasteiger charge is -2.17. The SMILES string of the molecule is CS(=O)(=O)CCC(Cc1c(Cl)cccc1Cl)NN. The van der Waals surface area contributed by atoms with Gasteiger partial charge in [0.05, 0.1) is 5.75 Å². The van der Waals surface area contributed by atoms with Gasteiger partial charge in [-0.3, -0.25) is 11.3 Å². The average Bonchev–Trinajstić information content (AvgIpc) is 2.26. The number of halogens is 2. The van der Waals surface area contributed by atoms with Gasteiger partial charge in [-0.15, -0.1) is 0 Å². The van der Waals surface area contributed by atoms with E-state index in [0.717, 1.165) is 5.56 Å². The third-order valence-corrected chi connectivity index (χ3v) is 4.27. The van der Waals surface area contributed by atoms with E-state index in [1.54, 1.807) is 18.2 Å². The van der Waals surface area contributed by atoms with Crippen molar-refractivity contribution in [3.05, 3.63) is 33.8 Å². The number of hydrazine groups is 1. The molecule has 0 amide bonds. The summed E-state index contributed by atoms with van der Waals surface area (Å²) in [5.74, 6) is 5.49. The third-order valence-electron chi connectivity index (χ3n) is 2.59. The van der Waals surface area contributed by atoms with Gasteiger partial charge in [-0.1, -0.05) is 29.3 Å². The standard InChI is InChI=1S/C11H16Cl2N2O2S/c1-18(16,17)6-5-8(15-14)7-9-10(12)3-2-4-11(9)13/h2-4,8,15H,5-7,14H2,1H3. The van der Waals surface area contributed by atoms with Gasteiger partial charge in [-0.05, 0) is 30.5 Å². The Morgan fingerprint density at radius 2 is 1.89 bits per heavy atom. The van der Waals surface area contributed by atoms with E-state index < -0.39 is 9.84 Å². The van der Waals surface area contributed by atoms with Crippen LogP contribution in [0.4, 0.5) is 0 Å². The number of rotatable bonds is 6. The lowest BCUT2D eigenvalue weighted by molar-refractivity contribution is 0.507. The van der Waals surface area contributed by atoms with Crippen molar-refractivity contribution in [3.63, 3.8) is 0 Å². The van der Waals surface area contributed by atoms with Gasteiger partial charge in [0.2, 0.25) is 0 Å². The molecular formula is C11H16Cl2N2O2S. The fourth-order valence-electron chi connectivity index (χ4n) is 1.57. The Bertz CT molecular complexity index is 486. The highest BCUT2D eigenvalue weighted by molar-refractivity contribution is 7.90. The number of hydrogen-bond donors (Lipinski definition) is 2. The molecule has 0 bridgehead atoms. The van der Waals surface area contributed by atoms with E-state index in [1.807, 2.05) is 0 Å². The van der Waals surface area contributed by atoms with Crippen LogP contribution >= 0.6 is 23.2 Å². The molecule has 0 fully saturated rings. The molecule has 1 unspecified atom stereocenters. The minimum Gasteiger partial charge on any atom is -0.271 e. The van der Waals surface area contributed by atoms with Crippen molar-refractivity contribution in [1.29, 1.82) is 0 Å². The molecular weight excluding hydrogens is 295 g/mol. The molecule has 0 aliphatic heterocycles. The highest BCUT2D eigenvalue weighted by atomic mass is 35.5. The molecule has 4 nitrogen and oxygen atoms in total. The number of hydrogen-bond acceptors (Lipinski definition) is 4. The largest absolute Gasteiger partial charge is 0.271 e. The van der Waals surface area contributed by atoms with E-state index >= 15 is 0 Å². The van der Waals surface area contributed by atoms with E-state index in [9.17, 15) is 8.42 Å². The van der Waals surface area contributed by atoms with E-state index in [1.165, 1.54) is 6.26 Å². The van der Waals surface area contributed by atoms with E-state index in [0.29, 0.717) is 22.9 Å². The van der Waals surface area contributed by atoms with E-state index in [-0.39, 0.29) is 11.8 Å². The molecule has 3 N–H and O–H groups in total. The van der Waals surface area contributed by atoms with Gasteiger partial charge < -0.3 is 0 Å². The summed E-state index contributed by atoms with van der Waals surface area (Å²) in [4.78, 5) is 0. The predicted molar refractivity (Wildman–Crippen MR) is 75.6 cm³/mol. The number of sulfone groups is 1. The number of nitrogens with two attached hydrogens (primary N) is 1. The van der Waals surface area contributed by atoms with Crippen LogP contribution in [0.1, 0.15) is 12.0 Å². The summed E-state index contributed by atoms with van der Waals surface area (Å²) < 4.78 is 22.2. The second-order valence-electron chi connectivity index (χ2n) is 4.19. The van der Waals surface area contributed by atoms with Gasteiger partial charge in [0.15, 0.2) is 0 Å². The molecule has 0 aliphatic carbocycles. The molecule has 1 aromatic rings. The van der Waals surface area contributed by atoms with Crippen molar-refractivity contribution in [2.75, 3.05) is 12.0 Å². The van der Waals surface area contributed by atoms with Gasteiger partial charge >= 0.3 is 0 Å². The van der Waals surface area contributed by atoms with Crippen molar-refractivity contribution >= 4 is 33.0 Å². The van der Waals surface area contributed by atoms with Crippen LogP contribution in [0.5, 0.6) is 0 Å². The number of nitrogens with one attached hydrogen (secondary N) is 1. The second kappa shape index (κ2) is 6.73. The Kier molecular flexibility index (Phi) is 5.88. The van der Waals surface area contributed by atoms with Crippen molar-refractivity contribution < 1.29 is 8.42 Å². The fraction of sp³-hybridized carbons (Fsp3) is 0.455. The molecule has 1 aromatic carbocycles. The first-order chi connectivity index (χ1) is 8.33. The highest BCUT2D eigenvalue weighted by Crippen LogP contribution is 2.25. The second-order valence-corrected chi connectivity index (χ2v) is 7.26. The summed E-state index contributed by atoms with van der Waals surface area (Å²) in [6.45, 7) is 0. The van der Waals surface area contributed by atoms with Crippen LogP contribution in [0.2, 0.25) is 10.0 Å². The summed E-state index contributed by atoms with van der Waals surface area (Å²) in [5.41, 5.74) is 3.37. The molecule has 0 aliphatic rings. The molecule has 7 heteroatoms. The smallest absolute Gasteiger partial charge is 0.147 e. The Morgan fingerprint density at radius 1 is 1.33 bits per heavy atom. The monoisotopic (exact) mass is 310 g/mol. The summed E-state index contributed by atoms with van der Waals surface area (Å²) >= 11 is 12.1. The molecule has 1 rings (SSSR count). The topological polar surface area (TPSA) is 72.2 Å². The average molecular weight is 311 g/mol. The Labute approximate surface area is 117 Å². The summed E-state index contributed by atoms with van der Waals surface area (Å²) in [6.07, 6.45) is 2.10. The van der Waals surface area contributed by atoms with Gasteiger partial charge in [0.25, 0.3) is 0 Å². The van der Waals surface area contributed by atoms with Crippen LogP contribution in [-0.2, 0) is 16.3 Å². The molecule has 0 radical (unpaired) electrons. The first-order valence-corrected chi connectivity index (χ1v) is 8.22. The Morgan fingerprint density at radius 3 is 2.33 bits per heavy atom. The van der Waals surface area contributed by atoms with Crippen molar-refractivity contribution in [1.82, 2.24) is 5.43 Å². The zero-order valence-corrected chi connectivity index (χ0v) is 12.3. The van der Waals surface area contributed by atoms with Crippen molar-refractivity contribution in [2.24, 2.45) is 5.84 Å². The maximum atomic E-state index is 11.1. The predicted octanol–water partition coefficient (Wildman–Crippen LogP) is 1.80. The molecule has 0 aromatic heterocycles. The molecule has 1 atom stereocenters. The summed E-state index contributed by atoms with van der Waals surface area (Å²) in [5, 5.41) is 1.12. The first kappa shape index (κ1) is 15.7.